The van der Waals surface area contributed by atoms with Crippen molar-refractivity contribution in [3.05, 3.63) is 28.0 Å². The van der Waals surface area contributed by atoms with E-state index in [0.29, 0.717) is 18.9 Å². The number of nitrogens with zero attached hydrogens (tertiary/aromatic N) is 5. The molecule has 0 saturated carbocycles. The molecule has 0 aliphatic heterocycles. The first-order valence-corrected chi connectivity index (χ1v) is 5.67. The van der Waals surface area contributed by atoms with Crippen LogP contribution in [-0.2, 0) is 20.1 Å². The van der Waals surface area contributed by atoms with Gasteiger partial charge in [-0.25, -0.2) is 9.67 Å². The number of rotatable bonds is 3. The lowest BCUT2D eigenvalue weighted by Crippen LogP contribution is -2.07. The van der Waals surface area contributed by atoms with Gasteiger partial charge in [0.1, 0.15) is 6.33 Å². The molecule has 16 heavy (non-hydrogen) atoms. The van der Waals surface area contributed by atoms with E-state index in [1.54, 1.807) is 11.0 Å². The third-order valence-corrected chi connectivity index (χ3v) is 3.37. The second kappa shape index (κ2) is 4.34. The van der Waals surface area contributed by atoms with Crippen LogP contribution in [0.4, 0.5) is 0 Å². The summed E-state index contributed by atoms with van der Waals surface area (Å²) in [6.07, 6.45) is 1.68. The van der Waals surface area contributed by atoms with Gasteiger partial charge >= 0.3 is 0 Å². The van der Waals surface area contributed by atoms with Gasteiger partial charge in [0.2, 0.25) is 0 Å². The van der Waals surface area contributed by atoms with Gasteiger partial charge in [-0.3, -0.25) is 4.68 Å². The molecule has 0 bridgehead atoms. The van der Waals surface area contributed by atoms with Crippen LogP contribution in [0, 0.1) is 6.92 Å². The van der Waals surface area contributed by atoms with Crippen molar-refractivity contribution in [3.63, 3.8) is 0 Å². The van der Waals surface area contributed by atoms with Crippen LogP contribution in [-0.4, -0.2) is 24.5 Å². The van der Waals surface area contributed by atoms with Crippen LogP contribution in [0.5, 0.6) is 0 Å². The van der Waals surface area contributed by atoms with E-state index in [-0.39, 0.29) is 0 Å². The van der Waals surface area contributed by atoms with Crippen LogP contribution in [0.1, 0.15) is 17.2 Å². The van der Waals surface area contributed by atoms with Crippen LogP contribution in [0.25, 0.3) is 0 Å². The lowest BCUT2D eigenvalue weighted by Gasteiger charge is -2.02. The molecule has 0 radical (unpaired) electrons. The Morgan fingerprint density at radius 3 is 2.69 bits per heavy atom. The molecule has 0 atom stereocenters. The minimum atomic E-state index is 0.360. The first-order chi connectivity index (χ1) is 7.61. The van der Waals surface area contributed by atoms with Crippen molar-refractivity contribution in [3.8, 4) is 0 Å². The number of hydrogen-bond acceptors (Lipinski definition) is 4. The topological polar surface area (TPSA) is 74.5 Å². The third kappa shape index (κ3) is 2.00. The van der Waals surface area contributed by atoms with Crippen molar-refractivity contribution in [2.75, 3.05) is 0 Å². The van der Waals surface area contributed by atoms with Gasteiger partial charge in [0.25, 0.3) is 0 Å². The summed E-state index contributed by atoms with van der Waals surface area (Å²) < 4.78 is 4.60. The van der Waals surface area contributed by atoms with Crippen molar-refractivity contribution in [2.45, 2.75) is 20.0 Å². The predicted molar refractivity (Wildman–Crippen MR) is 62.7 cm³/mol. The Morgan fingerprint density at radius 1 is 1.44 bits per heavy atom. The lowest BCUT2D eigenvalue weighted by atomic mass is 10.4. The molecule has 2 rings (SSSR count). The highest BCUT2D eigenvalue weighted by atomic mass is 79.9. The fourth-order valence-corrected chi connectivity index (χ4v) is 1.97. The predicted octanol–water partition coefficient (Wildman–Crippen LogP) is 0.590. The Hall–Kier alpha value is -1.21. The number of halogens is 1. The SMILES string of the molecule is Cc1nn(C)c(Cn2cnc(CN)n2)c1Br. The van der Waals surface area contributed by atoms with Gasteiger partial charge in [-0.2, -0.15) is 10.2 Å². The second-order valence-corrected chi connectivity index (χ2v) is 4.33. The van der Waals surface area contributed by atoms with Gasteiger partial charge in [0.05, 0.1) is 29.0 Å². The molecule has 0 aliphatic rings. The molecular weight excluding hydrogens is 272 g/mol. The Bertz CT molecular complexity index is 500. The largest absolute Gasteiger partial charge is 0.324 e. The number of aromatic nitrogens is 5. The molecule has 2 N–H and O–H groups in total. The molecule has 0 aromatic carbocycles. The Labute approximate surface area is 102 Å². The van der Waals surface area contributed by atoms with Gasteiger partial charge in [-0.1, -0.05) is 0 Å². The smallest absolute Gasteiger partial charge is 0.164 e. The molecule has 2 heterocycles. The first-order valence-electron chi connectivity index (χ1n) is 4.88. The summed E-state index contributed by atoms with van der Waals surface area (Å²) in [6.45, 7) is 2.95. The molecule has 0 spiro atoms. The minimum absolute atomic E-state index is 0.360. The molecule has 2 aromatic heterocycles. The first kappa shape index (κ1) is 11.3. The molecule has 0 saturated heterocycles. The van der Waals surface area contributed by atoms with Crippen molar-refractivity contribution in [1.82, 2.24) is 24.5 Å². The molecule has 2 aromatic rings. The number of nitrogens with two attached hydrogens (primary N) is 1. The fraction of sp³-hybridized carbons (Fsp3) is 0.444. The zero-order chi connectivity index (χ0) is 11.7. The van der Waals surface area contributed by atoms with Gasteiger partial charge in [0, 0.05) is 7.05 Å². The highest BCUT2D eigenvalue weighted by molar-refractivity contribution is 9.10. The van der Waals surface area contributed by atoms with Crippen molar-refractivity contribution < 1.29 is 0 Å². The number of aryl methyl sites for hydroxylation is 2. The van der Waals surface area contributed by atoms with Gasteiger partial charge < -0.3 is 5.73 Å². The normalized spacial score (nSPS) is 11.0. The van der Waals surface area contributed by atoms with E-state index in [4.69, 9.17) is 5.73 Å². The zero-order valence-electron chi connectivity index (χ0n) is 9.18. The fourth-order valence-electron chi connectivity index (χ4n) is 1.51. The molecule has 0 amide bonds. The maximum atomic E-state index is 5.46. The van der Waals surface area contributed by atoms with E-state index in [2.05, 4.69) is 31.1 Å². The Balaban J connectivity index is 2.26. The molecule has 0 aliphatic carbocycles. The van der Waals surface area contributed by atoms with E-state index in [0.717, 1.165) is 15.9 Å². The van der Waals surface area contributed by atoms with Crippen molar-refractivity contribution >= 4 is 15.9 Å². The van der Waals surface area contributed by atoms with E-state index < -0.39 is 0 Å². The van der Waals surface area contributed by atoms with Crippen molar-refractivity contribution in [1.29, 1.82) is 0 Å². The quantitative estimate of drug-likeness (QED) is 0.895. The Kier molecular flexibility index (Phi) is 3.06. The molecule has 0 unspecified atom stereocenters. The minimum Gasteiger partial charge on any atom is -0.324 e. The van der Waals surface area contributed by atoms with E-state index >= 15 is 0 Å². The zero-order valence-corrected chi connectivity index (χ0v) is 10.8. The summed E-state index contributed by atoms with van der Waals surface area (Å²) in [7, 11) is 1.91. The highest BCUT2D eigenvalue weighted by Crippen LogP contribution is 2.20. The summed E-state index contributed by atoms with van der Waals surface area (Å²) in [4.78, 5) is 4.08. The van der Waals surface area contributed by atoms with E-state index in [9.17, 15) is 0 Å². The standard InChI is InChI=1S/C9H13BrN6/c1-6-9(10)7(15(2)13-6)4-16-5-12-8(3-11)14-16/h5H,3-4,11H2,1-2H3. The van der Waals surface area contributed by atoms with Crippen LogP contribution in [0.2, 0.25) is 0 Å². The maximum Gasteiger partial charge on any atom is 0.164 e. The monoisotopic (exact) mass is 284 g/mol. The summed E-state index contributed by atoms with van der Waals surface area (Å²) >= 11 is 3.51. The summed E-state index contributed by atoms with van der Waals surface area (Å²) in [6, 6.07) is 0. The van der Waals surface area contributed by atoms with Gasteiger partial charge in [-0.05, 0) is 22.9 Å². The molecule has 7 heteroatoms. The van der Waals surface area contributed by atoms with Crippen LogP contribution in [0.15, 0.2) is 10.8 Å². The average Bonchev–Trinajstić information content (AvgIpc) is 2.80. The molecule has 86 valence electrons. The summed E-state index contributed by atoms with van der Waals surface area (Å²) in [5, 5.41) is 8.55. The third-order valence-electron chi connectivity index (χ3n) is 2.34. The molecule has 6 nitrogen and oxygen atoms in total. The lowest BCUT2D eigenvalue weighted by molar-refractivity contribution is 0.610. The maximum absolute atomic E-state index is 5.46. The van der Waals surface area contributed by atoms with Crippen LogP contribution < -0.4 is 5.73 Å². The average molecular weight is 285 g/mol. The number of hydrogen-bond donors (Lipinski definition) is 1. The van der Waals surface area contributed by atoms with E-state index in [1.165, 1.54) is 0 Å². The van der Waals surface area contributed by atoms with Gasteiger partial charge in [0.15, 0.2) is 5.82 Å². The van der Waals surface area contributed by atoms with Crippen LogP contribution >= 0.6 is 15.9 Å². The summed E-state index contributed by atoms with van der Waals surface area (Å²) in [5.41, 5.74) is 7.49. The highest BCUT2D eigenvalue weighted by Gasteiger charge is 2.11. The molecule has 0 fully saturated rings. The summed E-state index contributed by atoms with van der Waals surface area (Å²) in [5.74, 6) is 0.648. The van der Waals surface area contributed by atoms with E-state index in [1.807, 2.05) is 18.7 Å². The van der Waals surface area contributed by atoms with Crippen molar-refractivity contribution in [2.24, 2.45) is 12.8 Å². The Morgan fingerprint density at radius 2 is 2.19 bits per heavy atom. The van der Waals surface area contributed by atoms with Crippen LogP contribution in [0.3, 0.4) is 0 Å². The second-order valence-electron chi connectivity index (χ2n) is 3.53. The molecular formula is C9H13BrN6. The van der Waals surface area contributed by atoms with Gasteiger partial charge in [-0.15, -0.1) is 0 Å².